The van der Waals surface area contributed by atoms with Gasteiger partial charge in [0.2, 0.25) is 0 Å². The Bertz CT molecular complexity index is 479. The fourth-order valence-corrected chi connectivity index (χ4v) is 2.72. The molecule has 1 aromatic carbocycles. The monoisotopic (exact) mass is 276 g/mol. The van der Waals surface area contributed by atoms with E-state index in [-0.39, 0.29) is 17.7 Å². The highest BCUT2D eigenvalue weighted by molar-refractivity contribution is 5.96. The van der Waals surface area contributed by atoms with E-state index in [4.69, 9.17) is 0 Å². The molecule has 1 amide bonds. The summed E-state index contributed by atoms with van der Waals surface area (Å²) in [6, 6.07) is 5.49. The van der Waals surface area contributed by atoms with Crippen molar-refractivity contribution < 1.29 is 9.90 Å². The molecule has 2 rings (SSSR count). The second kappa shape index (κ2) is 6.27. The first-order valence-corrected chi connectivity index (χ1v) is 7.33. The van der Waals surface area contributed by atoms with Crippen LogP contribution in [0.3, 0.4) is 0 Å². The molecular weight excluding hydrogens is 252 g/mol. The van der Waals surface area contributed by atoms with Crippen molar-refractivity contribution in [2.24, 2.45) is 0 Å². The van der Waals surface area contributed by atoms with Crippen LogP contribution in [-0.4, -0.2) is 41.1 Å². The zero-order chi connectivity index (χ0) is 14.7. The molecule has 1 aliphatic rings. The molecular formula is C16H24N2O2. The first-order valence-electron chi connectivity index (χ1n) is 7.33. The summed E-state index contributed by atoms with van der Waals surface area (Å²) >= 11 is 0. The highest BCUT2D eigenvalue weighted by Crippen LogP contribution is 2.19. The van der Waals surface area contributed by atoms with Gasteiger partial charge < -0.3 is 15.3 Å². The van der Waals surface area contributed by atoms with Crippen molar-refractivity contribution in [1.29, 1.82) is 0 Å². The third kappa shape index (κ3) is 3.31. The Morgan fingerprint density at radius 1 is 1.50 bits per heavy atom. The summed E-state index contributed by atoms with van der Waals surface area (Å²) in [4.78, 5) is 14.6. The van der Waals surface area contributed by atoms with Crippen molar-refractivity contribution in [3.05, 3.63) is 29.3 Å². The summed E-state index contributed by atoms with van der Waals surface area (Å²) in [6.45, 7) is 7.74. The first kappa shape index (κ1) is 14.9. The number of nitrogens with zero attached hydrogens (tertiary/aromatic N) is 1. The molecule has 0 saturated carbocycles. The predicted molar refractivity (Wildman–Crippen MR) is 80.0 cm³/mol. The van der Waals surface area contributed by atoms with E-state index in [2.05, 4.69) is 5.32 Å². The van der Waals surface area contributed by atoms with E-state index in [0.717, 1.165) is 25.1 Å². The Morgan fingerprint density at radius 2 is 2.25 bits per heavy atom. The number of hydrogen-bond acceptors (Lipinski definition) is 3. The number of phenols is 1. The van der Waals surface area contributed by atoms with E-state index in [1.165, 1.54) is 6.42 Å². The smallest absolute Gasteiger partial charge is 0.254 e. The van der Waals surface area contributed by atoms with E-state index < -0.39 is 0 Å². The minimum absolute atomic E-state index is 0.0474. The first-order chi connectivity index (χ1) is 9.49. The third-order valence-corrected chi connectivity index (χ3v) is 3.90. The summed E-state index contributed by atoms with van der Waals surface area (Å²) in [6.07, 6.45) is 2.31. The number of aryl methyl sites for hydroxylation is 1. The van der Waals surface area contributed by atoms with E-state index in [1.54, 1.807) is 18.2 Å². The molecule has 1 fully saturated rings. The summed E-state index contributed by atoms with van der Waals surface area (Å²) in [5.41, 5.74) is 1.49. The van der Waals surface area contributed by atoms with Gasteiger partial charge in [-0.3, -0.25) is 4.79 Å². The van der Waals surface area contributed by atoms with Crippen molar-refractivity contribution in [2.45, 2.75) is 45.7 Å². The lowest BCUT2D eigenvalue weighted by Crippen LogP contribution is -2.45. The number of rotatable bonds is 4. The van der Waals surface area contributed by atoms with Crippen LogP contribution in [-0.2, 0) is 0 Å². The van der Waals surface area contributed by atoms with Crippen molar-refractivity contribution in [1.82, 2.24) is 10.2 Å². The highest BCUT2D eigenvalue weighted by Gasteiger charge is 2.25. The van der Waals surface area contributed by atoms with Crippen molar-refractivity contribution in [3.63, 3.8) is 0 Å². The number of aromatic hydroxyl groups is 1. The minimum atomic E-state index is 0.0474. The number of carbonyl (C=O) groups is 1. The maximum absolute atomic E-state index is 12.7. The molecule has 0 bridgehead atoms. The van der Waals surface area contributed by atoms with Crippen LogP contribution in [0.1, 0.15) is 42.6 Å². The summed E-state index contributed by atoms with van der Waals surface area (Å²) in [5, 5.41) is 12.9. The molecule has 2 N–H and O–H groups in total. The van der Waals surface area contributed by atoms with Gasteiger partial charge in [0.05, 0.1) is 0 Å². The van der Waals surface area contributed by atoms with Crippen LogP contribution in [0, 0.1) is 6.92 Å². The molecule has 0 aliphatic carbocycles. The molecule has 1 saturated heterocycles. The van der Waals surface area contributed by atoms with E-state index in [1.807, 2.05) is 25.7 Å². The molecule has 4 nitrogen and oxygen atoms in total. The molecule has 1 aliphatic heterocycles. The van der Waals surface area contributed by atoms with Crippen LogP contribution >= 0.6 is 0 Å². The number of hydrogen-bond donors (Lipinski definition) is 2. The van der Waals surface area contributed by atoms with Gasteiger partial charge in [-0.15, -0.1) is 0 Å². The third-order valence-electron chi connectivity index (χ3n) is 3.90. The molecule has 0 aromatic heterocycles. The van der Waals surface area contributed by atoms with Gasteiger partial charge in [0, 0.05) is 24.2 Å². The number of benzene rings is 1. The lowest BCUT2D eigenvalue weighted by molar-refractivity contribution is 0.0688. The van der Waals surface area contributed by atoms with E-state index in [9.17, 15) is 9.90 Å². The normalized spacial score (nSPS) is 18.5. The molecule has 1 heterocycles. The van der Waals surface area contributed by atoms with Gasteiger partial charge in [-0.25, -0.2) is 0 Å². The molecule has 4 heteroatoms. The lowest BCUT2D eigenvalue weighted by Gasteiger charge is -2.30. The topological polar surface area (TPSA) is 52.6 Å². The van der Waals surface area contributed by atoms with Crippen LogP contribution < -0.4 is 5.32 Å². The average molecular weight is 276 g/mol. The van der Waals surface area contributed by atoms with Gasteiger partial charge in [0.15, 0.2) is 0 Å². The Kier molecular flexibility index (Phi) is 4.65. The second-order valence-electron chi connectivity index (χ2n) is 5.84. The van der Waals surface area contributed by atoms with Crippen molar-refractivity contribution in [3.8, 4) is 5.75 Å². The van der Waals surface area contributed by atoms with Gasteiger partial charge in [0.25, 0.3) is 5.91 Å². The largest absolute Gasteiger partial charge is 0.508 e. The summed E-state index contributed by atoms with van der Waals surface area (Å²) in [7, 11) is 0. The van der Waals surface area contributed by atoms with Crippen LogP contribution in [0.4, 0.5) is 0 Å². The SMILES string of the molecule is Cc1cc(O)ccc1C(=O)N(CC1CCCN1)C(C)C. The van der Waals surface area contributed by atoms with Gasteiger partial charge in [-0.1, -0.05) is 0 Å². The molecule has 1 unspecified atom stereocenters. The predicted octanol–water partition coefficient (Wildman–Crippen LogP) is 2.30. The van der Waals surface area contributed by atoms with Gasteiger partial charge in [-0.05, 0) is 63.9 Å². The Hall–Kier alpha value is -1.55. The second-order valence-corrected chi connectivity index (χ2v) is 5.84. The van der Waals surface area contributed by atoms with Crippen LogP contribution in [0.5, 0.6) is 5.75 Å². The summed E-state index contributed by atoms with van der Waals surface area (Å²) in [5.74, 6) is 0.249. The maximum Gasteiger partial charge on any atom is 0.254 e. The van der Waals surface area contributed by atoms with Crippen LogP contribution in [0.25, 0.3) is 0 Å². The van der Waals surface area contributed by atoms with Crippen LogP contribution in [0.15, 0.2) is 18.2 Å². The quantitative estimate of drug-likeness (QED) is 0.887. The Labute approximate surface area is 120 Å². The lowest BCUT2D eigenvalue weighted by atomic mass is 10.1. The van der Waals surface area contributed by atoms with Crippen molar-refractivity contribution >= 4 is 5.91 Å². The Balaban J connectivity index is 2.17. The number of amides is 1. The summed E-state index contributed by atoms with van der Waals surface area (Å²) < 4.78 is 0. The standard InChI is InChI=1S/C16H24N2O2/c1-11(2)18(10-13-5-4-8-17-13)16(20)15-7-6-14(19)9-12(15)3/h6-7,9,11,13,17,19H,4-5,8,10H2,1-3H3. The Morgan fingerprint density at radius 3 is 2.80 bits per heavy atom. The number of nitrogens with one attached hydrogen (secondary N) is 1. The zero-order valence-electron chi connectivity index (χ0n) is 12.5. The van der Waals surface area contributed by atoms with Crippen LogP contribution in [0.2, 0.25) is 0 Å². The number of phenolic OH excluding ortho intramolecular Hbond substituents is 1. The van der Waals surface area contributed by atoms with Gasteiger partial charge >= 0.3 is 0 Å². The molecule has 0 spiro atoms. The fourth-order valence-electron chi connectivity index (χ4n) is 2.72. The zero-order valence-corrected chi connectivity index (χ0v) is 12.5. The molecule has 20 heavy (non-hydrogen) atoms. The molecule has 110 valence electrons. The maximum atomic E-state index is 12.7. The van der Waals surface area contributed by atoms with E-state index >= 15 is 0 Å². The average Bonchev–Trinajstić information content (AvgIpc) is 2.87. The highest BCUT2D eigenvalue weighted by atomic mass is 16.3. The van der Waals surface area contributed by atoms with E-state index in [0.29, 0.717) is 11.6 Å². The number of carbonyl (C=O) groups excluding carboxylic acids is 1. The fraction of sp³-hybridized carbons (Fsp3) is 0.562. The van der Waals surface area contributed by atoms with Gasteiger partial charge in [0.1, 0.15) is 5.75 Å². The van der Waals surface area contributed by atoms with Crippen molar-refractivity contribution in [2.75, 3.05) is 13.1 Å². The minimum Gasteiger partial charge on any atom is -0.508 e. The molecule has 0 radical (unpaired) electrons. The molecule has 1 aromatic rings. The van der Waals surface area contributed by atoms with Gasteiger partial charge in [-0.2, -0.15) is 0 Å². The molecule has 1 atom stereocenters.